The average molecular weight is 220 g/mol. The molecule has 3 aliphatic rings. The molecule has 0 aromatic heterocycles. The lowest BCUT2D eigenvalue weighted by molar-refractivity contribution is -0.131. The Balaban J connectivity index is 1.95. The van der Waals surface area contributed by atoms with E-state index in [0.29, 0.717) is 17.7 Å². The molecule has 1 amide bonds. The predicted molar refractivity (Wildman–Crippen MR) is 63.3 cm³/mol. The topological polar surface area (TPSA) is 32.7 Å². The Kier molecular flexibility index (Phi) is 2.13. The molecule has 0 aromatic carbocycles. The van der Waals surface area contributed by atoms with E-state index in [1.165, 1.54) is 25.7 Å². The van der Waals surface area contributed by atoms with Crippen LogP contribution in [0.1, 0.15) is 45.4 Å². The molecule has 2 fully saturated rings. The summed E-state index contributed by atoms with van der Waals surface area (Å²) in [6, 6.07) is 0. The van der Waals surface area contributed by atoms with E-state index in [4.69, 9.17) is 4.99 Å². The van der Waals surface area contributed by atoms with Crippen LogP contribution in [-0.4, -0.2) is 29.2 Å². The van der Waals surface area contributed by atoms with Gasteiger partial charge in [-0.15, -0.1) is 0 Å². The molecule has 16 heavy (non-hydrogen) atoms. The minimum atomic E-state index is -0.306. The number of rotatable bonds is 4. The fraction of sp³-hybridized carbons (Fsp3) is 0.846. The van der Waals surface area contributed by atoms with Gasteiger partial charge in [0.25, 0.3) is 5.91 Å². The number of amides is 1. The van der Waals surface area contributed by atoms with Crippen molar-refractivity contribution in [2.24, 2.45) is 16.8 Å². The number of likely N-dealkylation sites (N-methyl/N-ethyl adjacent to an activating group) is 1. The molecule has 3 nitrogen and oxygen atoms in total. The van der Waals surface area contributed by atoms with Crippen LogP contribution >= 0.6 is 0 Å². The first-order chi connectivity index (χ1) is 7.70. The Hall–Kier alpha value is -0.860. The van der Waals surface area contributed by atoms with E-state index in [0.717, 1.165) is 18.7 Å². The Morgan fingerprint density at radius 2 is 1.88 bits per heavy atom. The fourth-order valence-corrected chi connectivity index (χ4v) is 3.08. The summed E-state index contributed by atoms with van der Waals surface area (Å²) in [7, 11) is 1.91. The molecule has 1 heterocycles. The van der Waals surface area contributed by atoms with Crippen molar-refractivity contribution in [3.63, 3.8) is 0 Å². The highest BCUT2D eigenvalue weighted by Gasteiger charge is 2.62. The number of aliphatic imine (C=N–C) groups is 1. The normalized spacial score (nSPS) is 28.5. The van der Waals surface area contributed by atoms with Crippen LogP contribution in [0, 0.1) is 11.8 Å². The molecule has 0 unspecified atom stereocenters. The molecule has 3 rings (SSSR count). The molecular weight excluding hydrogens is 200 g/mol. The van der Waals surface area contributed by atoms with Crippen LogP contribution in [0.3, 0.4) is 0 Å². The second-order valence-electron chi connectivity index (χ2n) is 5.52. The lowest BCUT2D eigenvalue weighted by Crippen LogP contribution is -2.44. The second kappa shape index (κ2) is 3.31. The number of carbonyl (C=O) groups is 1. The number of amidine groups is 1. The summed E-state index contributed by atoms with van der Waals surface area (Å²) in [4.78, 5) is 19.2. The van der Waals surface area contributed by atoms with Crippen molar-refractivity contribution in [1.82, 2.24) is 4.90 Å². The maximum Gasteiger partial charge on any atom is 0.256 e. The summed E-state index contributed by atoms with van der Waals surface area (Å²) >= 11 is 0. The summed E-state index contributed by atoms with van der Waals surface area (Å²) < 4.78 is 0. The molecular formula is C13H20N2O. The number of hydrogen-bond acceptors (Lipinski definition) is 2. The molecule has 0 N–H and O–H groups in total. The third-order valence-corrected chi connectivity index (χ3v) is 4.22. The Bertz CT molecular complexity index is 341. The molecule has 0 atom stereocenters. The van der Waals surface area contributed by atoms with Gasteiger partial charge in [0.1, 0.15) is 11.4 Å². The van der Waals surface area contributed by atoms with Gasteiger partial charge in [-0.3, -0.25) is 9.79 Å². The van der Waals surface area contributed by atoms with E-state index >= 15 is 0 Å². The third-order valence-electron chi connectivity index (χ3n) is 4.22. The minimum Gasteiger partial charge on any atom is -0.302 e. The van der Waals surface area contributed by atoms with E-state index in [1.807, 2.05) is 11.9 Å². The summed E-state index contributed by atoms with van der Waals surface area (Å²) in [5.41, 5.74) is -0.306. The predicted octanol–water partition coefficient (Wildman–Crippen LogP) is 2.22. The highest BCUT2D eigenvalue weighted by atomic mass is 16.2. The maximum atomic E-state index is 12.5. The van der Waals surface area contributed by atoms with Gasteiger partial charge < -0.3 is 4.90 Å². The Morgan fingerprint density at radius 3 is 2.31 bits per heavy atom. The number of carbonyl (C=O) groups excluding carboxylic acids is 1. The van der Waals surface area contributed by atoms with Crippen molar-refractivity contribution in [3.8, 4) is 0 Å². The van der Waals surface area contributed by atoms with Gasteiger partial charge in [0, 0.05) is 13.5 Å². The van der Waals surface area contributed by atoms with Crippen molar-refractivity contribution >= 4 is 11.7 Å². The molecule has 0 radical (unpaired) electrons. The third kappa shape index (κ3) is 1.26. The first kappa shape index (κ1) is 10.3. The van der Waals surface area contributed by atoms with Crippen molar-refractivity contribution in [3.05, 3.63) is 0 Å². The zero-order chi connectivity index (χ0) is 11.3. The highest BCUT2D eigenvalue weighted by molar-refractivity contribution is 6.08. The molecule has 88 valence electrons. The molecule has 3 heteroatoms. The molecule has 1 aliphatic heterocycles. The Morgan fingerprint density at radius 1 is 1.31 bits per heavy atom. The van der Waals surface area contributed by atoms with Crippen molar-refractivity contribution < 1.29 is 4.79 Å². The molecule has 0 spiro atoms. The smallest absolute Gasteiger partial charge is 0.256 e. The van der Waals surface area contributed by atoms with Gasteiger partial charge in [0.15, 0.2) is 0 Å². The lowest BCUT2D eigenvalue weighted by atomic mass is 9.88. The monoisotopic (exact) mass is 220 g/mol. The average Bonchev–Trinajstić information content (AvgIpc) is 3.16. The maximum absolute atomic E-state index is 12.5. The largest absolute Gasteiger partial charge is 0.302 e. The van der Waals surface area contributed by atoms with Crippen molar-refractivity contribution in [2.75, 3.05) is 7.05 Å². The van der Waals surface area contributed by atoms with E-state index in [-0.39, 0.29) is 5.54 Å². The summed E-state index contributed by atoms with van der Waals surface area (Å²) in [5.74, 6) is 2.45. The Labute approximate surface area is 96.9 Å². The van der Waals surface area contributed by atoms with Crippen LogP contribution in [0.15, 0.2) is 4.99 Å². The van der Waals surface area contributed by atoms with Gasteiger partial charge in [0.05, 0.1) is 0 Å². The number of hydrogen-bond donors (Lipinski definition) is 0. The van der Waals surface area contributed by atoms with Crippen LogP contribution in [0.4, 0.5) is 0 Å². The minimum absolute atomic E-state index is 0.293. The lowest BCUT2D eigenvalue weighted by Gasteiger charge is -2.24. The van der Waals surface area contributed by atoms with Gasteiger partial charge in [-0.05, 0) is 43.9 Å². The molecule has 2 aliphatic carbocycles. The van der Waals surface area contributed by atoms with Crippen molar-refractivity contribution in [1.29, 1.82) is 0 Å². The highest BCUT2D eigenvalue weighted by Crippen LogP contribution is 2.56. The van der Waals surface area contributed by atoms with Gasteiger partial charge in [0.2, 0.25) is 0 Å². The van der Waals surface area contributed by atoms with Gasteiger partial charge in [-0.25, -0.2) is 0 Å². The van der Waals surface area contributed by atoms with Crippen molar-refractivity contribution in [2.45, 2.75) is 51.0 Å². The zero-order valence-electron chi connectivity index (χ0n) is 10.2. The van der Waals surface area contributed by atoms with Crippen LogP contribution in [0.5, 0.6) is 0 Å². The van der Waals surface area contributed by atoms with E-state index in [9.17, 15) is 4.79 Å². The SMILES string of the molecule is CCCC1=NC(C2CC2)(C2CC2)C(=O)N1C. The van der Waals surface area contributed by atoms with Gasteiger partial charge >= 0.3 is 0 Å². The molecule has 0 bridgehead atoms. The summed E-state index contributed by atoms with van der Waals surface area (Å²) in [6.07, 6.45) is 6.85. The van der Waals surface area contributed by atoms with Crippen LogP contribution in [0.2, 0.25) is 0 Å². The zero-order valence-corrected chi connectivity index (χ0v) is 10.2. The van der Waals surface area contributed by atoms with Crippen LogP contribution in [-0.2, 0) is 4.79 Å². The summed E-state index contributed by atoms with van der Waals surface area (Å²) in [6.45, 7) is 2.15. The molecule has 0 saturated heterocycles. The first-order valence-electron chi connectivity index (χ1n) is 6.57. The van der Waals surface area contributed by atoms with E-state index in [2.05, 4.69) is 6.92 Å². The fourth-order valence-electron chi connectivity index (χ4n) is 3.08. The van der Waals surface area contributed by atoms with Crippen LogP contribution < -0.4 is 0 Å². The second-order valence-corrected chi connectivity index (χ2v) is 5.52. The molecule has 0 aromatic rings. The van der Waals surface area contributed by atoms with E-state index in [1.54, 1.807) is 0 Å². The van der Waals surface area contributed by atoms with Crippen LogP contribution in [0.25, 0.3) is 0 Å². The first-order valence-corrected chi connectivity index (χ1v) is 6.57. The molecule has 2 saturated carbocycles. The van der Waals surface area contributed by atoms with E-state index < -0.39 is 0 Å². The van der Waals surface area contributed by atoms with Gasteiger partial charge in [-0.1, -0.05) is 6.92 Å². The quantitative estimate of drug-likeness (QED) is 0.715. The van der Waals surface area contributed by atoms with Gasteiger partial charge in [-0.2, -0.15) is 0 Å². The summed E-state index contributed by atoms with van der Waals surface area (Å²) in [5, 5.41) is 0. The number of nitrogens with zero attached hydrogens (tertiary/aromatic N) is 2. The standard InChI is InChI=1S/C13H20N2O/c1-3-4-11-14-13(9-5-6-9,10-7-8-10)12(16)15(11)2/h9-10H,3-8H2,1-2H3.